The fraction of sp³-hybridized carbons (Fsp3) is 0.868. The number of carbonyl (C=O) groups excluding carboxylic acids is 2. The molecule has 0 amide bonds. The molecule has 22 nitrogen and oxygen atoms in total. The predicted octanol–water partition coefficient (Wildman–Crippen LogP) is -0.0445. The van der Waals surface area contributed by atoms with Gasteiger partial charge in [-0.2, -0.15) is 0 Å². The lowest BCUT2D eigenvalue weighted by atomic mass is 9.33. The van der Waals surface area contributed by atoms with Crippen LogP contribution in [-0.2, 0) is 52.3 Å². The van der Waals surface area contributed by atoms with Gasteiger partial charge < -0.3 is 94.1 Å². The molecule has 5 aliphatic carbocycles. The van der Waals surface area contributed by atoms with Crippen molar-refractivity contribution in [2.45, 2.75) is 218 Å². The van der Waals surface area contributed by atoms with Gasteiger partial charge in [-0.25, -0.2) is 9.59 Å². The lowest BCUT2D eigenvalue weighted by Crippen LogP contribution is -2.72. The van der Waals surface area contributed by atoms with Crippen LogP contribution in [0.3, 0.4) is 0 Å². The Morgan fingerprint density at radius 3 is 1.87 bits per heavy atom. The molecule has 3 saturated heterocycles. The van der Waals surface area contributed by atoms with Crippen LogP contribution in [0, 0.1) is 50.2 Å². The quantitative estimate of drug-likeness (QED) is 0.0499. The first-order valence-corrected chi connectivity index (χ1v) is 26.5. The molecule has 4 saturated carbocycles. The Morgan fingerprint density at radius 2 is 1.29 bits per heavy atom. The maximum absolute atomic E-state index is 13.0. The number of carbonyl (C=O) groups is 3. The molecule has 0 radical (unpaired) electrons. The van der Waals surface area contributed by atoms with E-state index < -0.39 is 181 Å². The summed E-state index contributed by atoms with van der Waals surface area (Å²) in [5, 5.41) is 120. The van der Waals surface area contributed by atoms with Crippen molar-refractivity contribution in [3.8, 4) is 0 Å². The monoisotopic (exact) mass is 1070 g/mol. The van der Waals surface area contributed by atoms with Crippen molar-refractivity contribution in [3.63, 3.8) is 0 Å². The highest BCUT2D eigenvalue weighted by atomic mass is 16.8. The largest absolute Gasteiger partial charge is 0.479 e. The van der Waals surface area contributed by atoms with Gasteiger partial charge in [-0.3, -0.25) is 4.79 Å². The van der Waals surface area contributed by atoms with Gasteiger partial charge in [0.1, 0.15) is 73.2 Å². The standard InChI is InChI=1S/C53H82O22/c1-10-11-32(59)72-42-43(68-23(2)57)53(22-56)25(18-48(42,3)4)24-12-13-29-50(7)16-15-31(49(5,6)28(50)14-17-51(29,8)52(24,9)19-30(53)58)71-47-41(75-46-37(64)35(62)33(60)26(20-54)69-46)39(38(65)40(74-47)44(66)67)73-45-36(63)34(61)27(21-55)70-45/h10-12,25-31,33-43,45-47,54-56,58,60-65H,13-22H2,1-9H3,(H,66,67)/b11-10+/t25-,26+,27-,28-,29+,30+,31?,33-,34-,35-,36+,37+,38-,39-,40-,41+,42-,43-,45-,46-,47+,50-,51+,52+,53-/m0/s1. The molecule has 75 heavy (non-hydrogen) atoms. The fourth-order valence-corrected chi connectivity index (χ4v) is 16.0. The first-order valence-electron chi connectivity index (χ1n) is 26.5. The first kappa shape index (κ1) is 58.4. The summed E-state index contributed by atoms with van der Waals surface area (Å²) in [6, 6.07) is 0. The third-order valence-electron chi connectivity index (χ3n) is 20.1. The molecule has 3 aliphatic heterocycles. The number of allylic oxidation sites excluding steroid dienone is 3. The van der Waals surface area contributed by atoms with Crippen molar-refractivity contribution >= 4 is 17.9 Å². The van der Waals surface area contributed by atoms with Crippen LogP contribution in [-0.4, -0.2) is 204 Å². The van der Waals surface area contributed by atoms with Crippen molar-refractivity contribution in [2.75, 3.05) is 19.8 Å². The van der Waals surface area contributed by atoms with E-state index in [-0.39, 0.29) is 23.7 Å². The number of aliphatic hydroxyl groups excluding tert-OH is 10. The first-order chi connectivity index (χ1) is 35.0. The molecule has 22 heteroatoms. The topological polar surface area (TPSA) is 348 Å². The molecular weight excluding hydrogens is 989 g/mol. The minimum atomic E-state index is -2.10. The third-order valence-corrected chi connectivity index (χ3v) is 20.1. The second kappa shape index (κ2) is 21.0. The Morgan fingerprint density at radius 1 is 0.693 bits per heavy atom. The normalized spacial score (nSPS) is 50.1. The molecule has 0 aromatic carbocycles. The van der Waals surface area contributed by atoms with E-state index in [2.05, 4.69) is 40.7 Å². The van der Waals surface area contributed by atoms with Gasteiger partial charge in [-0.1, -0.05) is 66.2 Å². The van der Waals surface area contributed by atoms with Gasteiger partial charge in [0.2, 0.25) is 0 Å². The number of carboxylic acid groups (broad SMARTS) is 1. The van der Waals surface area contributed by atoms with Crippen molar-refractivity contribution in [1.29, 1.82) is 0 Å². The van der Waals surface area contributed by atoms with E-state index >= 15 is 0 Å². The number of hydrogen-bond acceptors (Lipinski definition) is 21. The number of rotatable bonds is 13. The van der Waals surface area contributed by atoms with Gasteiger partial charge in [-0.05, 0) is 91.3 Å². The molecule has 0 aromatic heterocycles. The van der Waals surface area contributed by atoms with Crippen LogP contribution in [0.2, 0.25) is 0 Å². The van der Waals surface area contributed by atoms with E-state index in [0.717, 1.165) is 5.57 Å². The van der Waals surface area contributed by atoms with Gasteiger partial charge in [0.05, 0.1) is 37.4 Å². The Hall–Kier alpha value is -2.75. The predicted molar refractivity (Wildman–Crippen MR) is 257 cm³/mol. The van der Waals surface area contributed by atoms with Crippen LogP contribution in [0.15, 0.2) is 23.8 Å². The van der Waals surface area contributed by atoms with Gasteiger partial charge in [0.15, 0.2) is 25.0 Å². The van der Waals surface area contributed by atoms with Gasteiger partial charge >= 0.3 is 17.9 Å². The zero-order chi connectivity index (χ0) is 55.3. The summed E-state index contributed by atoms with van der Waals surface area (Å²) in [6.45, 7) is 15.6. The summed E-state index contributed by atoms with van der Waals surface area (Å²) in [6.07, 6.45) is -20.3. The number of fused-ring (bicyclic) bond motifs is 7. The number of ether oxygens (including phenoxy) is 8. The van der Waals surface area contributed by atoms with E-state index in [9.17, 15) is 70.6 Å². The molecule has 0 aromatic rings. The smallest absolute Gasteiger partial charge is 0.335 e. The van der Waals surface area contributed by atoms with Crippen LogP contribution in [0.5, 0.6) is 0 Å². The maximum atomic E-state index is 13.0. The highest BCUT2D eigenvalue weighted by Crippen LogP contribution is 2.76. The third kappa shape index (κ3) is 9.34. The summed E-state index contributed by atoms with van der Waals surface area (Å²) in [5.74, 6) is -3.37. The Labute approximate surface area is 436 Å². The molecule has 0 bridgehead atoms. The van der Waals surface area contributed by atoms with Gasteiger partial charge in [0.25, 0.3) is 0 Å². The highest BCUT2D eigenvalue weighted by molar-refractivity contribution is 5.82. The fourth-order valence-electron chi connectivity index (χ4n) is 16.0. The molecule has 7 fully saturated rings. The average Bonchev–Trinajstić information content (AvgIpc) is 3.61. The zero-order valence-corrected chi connectivity index (χ0v) is 44.3. The minimum absolute atomic E-state index is 0.0374. The van der Waals surface area contributed by atoms with Gasteiger partial charge in [0, 0.05) is 18.4 Å². The molecule has 1 unspecified atom stereocenters. The van der Waals surface area contributed by atoms with E-state index in [0.29, 0.717) is 38.5 Å². The molecule has 25 atom stereocenters. The summed E-state index contributed by atoms with van der Waals surface area (Å²) in [5.41, 5.74) is -3.22. The molecular formula is C53H82O22. The average molecular weight is 1070 g/mol. The van der Waals surface area contributed by atoms with Crippen LogP contribution in [0.1, 0.15) is 107 Å². The highest BCUT2D eigenvalue weighted by Gasteiger charge is 2.74. The van der Waals surface area contributed by atoms with E-state index in [1.807, 2.05) is 13.8 Å². The SMILES string of the molecule is C/C=C/C(=O)O[C@H]1[C@H](OC(C)=O)[C@]2(CO)[C@H](O)C[C@]3(C)C(=CC[C@@H]4[C@@]5(C)CCC(O[C@@H]6O[C@H](C(=O)O)[C@@H](O)[C@H](O[C@@H]7O[C@@H](CO)[C@H](O)[C@H]7O)[C@H]6O[C@@H]6O[C@H](CO)[C@H](O)[C@H](O)[C@H]6O)C(C)(C)[C@@H]5CC[C@]43C)[C@@H]2CC1(C)C. The molecule has 426 valence electrons. The minimum Gasteiger partial charge on any atom is -0.479 e. The summed E-state index contributed by atoms with van der Waals surface area (Å²) < 4.78 is 48.6. The lowest BCUT2D eigenvalue weighted by molar-refractivity contribution is -0.386. The van der Waals surface area contributed by atoms with Crippen LogP contribution >= 0.6 is 0 Å². The molecule has 11 N–H and O–H groups in total. The van der Waals surface area contributed by atoms with E-state index in [1.54, 1.807) is 13.0 Å². The number of carboxylic acids is 1. The van der Waals surface area contributed by atoms with Crippen LogP contribution in [0.25, 0.3) is 0 Å². The second-order valence-corrected chi connectivity index (χ2v) is 24.8. The van der Waals surface area contributed by atoms with Crippen LogP contribution < -0.4 is 0 Å². The van der Waals surface area contributed by atoms with Crippen LogP contribution in [0.4, 0.5) is 0 Å². The number of aliphatic carboxylic acids is 1. The number of aliphatic hydroxyl groups is 10. The summed E-state index contributed by atoms with van der Waals surface area (Å²) >= 11 is 0. The molecule has 8 aliphatic rings. The Balaban J connectivity index is 1.11. The van der Waals surface area contributed by atoms with Crippen molar-refractivity contribution in [2.24, 2.45) is 50.2 Å². The molecule has 0 spiro atoms. The second-order valence-electron chi connectivity index (χ2n) is 24.8. The maximum Gasteiger partial charge on any atom is 0.335 e. The molecule has 3 heterocycles. The molecule has 8 rings (SSSR count). The zero-order valence-electron chi connectivity index (χ0n) is 44.3. The van der Waals surface area contributed by atoms with E-state index in [4.69, 9.17) is 37.9 Å². The van der Waals surface area contributed by atoms with Crippen molar-refractivity contribution < 1.29 is 108 Å². The number of hydrogen-bond donors (Lipinski definition) is 11. The van der Waals surface area contributed by atoms with Gasteiger partial charge in [-0.15, -0.1) is 0 Å². The summed E-state index contributed by atoms with van der Waals surface area (Å²) in [7, 11) is 0. The Kier molecular flexibility index (Phi) is 16.4. The van der Waals surface area contributed by atoms with Crippen molar-refractivity contribution in [3.05, 3.63) is 23.8 Å². The number of esters is 2. The van der Waals surface area contributed by atoms with E-state index in [1.165, 1.54) is 13.0 Å². The Bertz CT molecular complexity index is 2170. The summed E-state index contributed by atoms with van der Waals surface area (Å²) in [4.78, 5) is 38.8. The lowest BCUT2D eigenvalue weighted by Gasteiger charge is -2.72. The van der Waals surface area contributed by atoms with Crippen molar-refractivity contribution in [1.82, 2.24) is 0 Å².